The summed E-state index contributed by atoms with van der Waals surface area (Å²) < 4.78 is 38.6. The zero-order chi connectivity index (χ0) is 27.7. The fourth-order valence-corrected chi connectivity index (χ4v) is 5.30. The molecule has 2 amide bonds. The van der Waals surface area contributed by atoms with Gasteiger partial charge >= 0.3 is 0 Å². The number of carbonyl (C=O) groups excluding carboxylic acids is 2. The summed E-state index contributed by atoms with van der Waals surface area (Å²) in [6.07, 6.45) is 2.10. The number of nitrogens with one attached hydrogen (secondary N) is 1. The van der Waals surface area contributed by atoms with Crippen molar-refractivity contribution in [2.24, 2.45) is 0 Å². The summed E-state index contributed by atoms with van der Waals surface area (Å²) in [5, 5.41) is 3.46. The van der Waals surface area contributed by atoms with Gasteiger partial charge in [0.05, 0.1) is 11.4 Å². The average Bonchev–Trinajstić information content (AvgIpc) is 2.92. The molecule has 0 fully saturated rings. The van der Waals surface area contributed by atoms with Crippen molar-refractivity contribution in [2.45, 2.75) is 52.6 Å². The second kappa shape index (κ2) is 13.7. The molecule has 1 aliphatic heterocycles. The van der Waals surface area contributed by atoms with Gasteiger partial charge in [-0.15, -0.1) is 0 Å². The van der Waals surface area contributed by atoms with Crippen molar-refractivity contribution in [3.8, 4) is 11.5 Å². The first-order chi connectivity index (χ1) is 18.2. The summed E-state index contributed by atoms with van der Waals surface area (Å²) in [6.45, 7) is 6.28. The molecular formula is C27H36ClN3O6S. The highest BCUT2D eigenvalue weighted by Gasteiger charge is 2.32. The molecule has 2 aromatic rings. The van der Waals surface area contributed by atoms with E-state index in [1.807, 2.05) is 13.8 Å². The lowest BCUT2D eigenvalue weighted by Crippen LogP contribution is -2.52. The Morgan fingerprint density at radius 2 is 1.71 bits per heavy atom. The smallest absolute Gasteiger partial charge is 0.244 e. The minimum atomic E-state index is -3.85. The van der Waals surface area contributed by atoms with Crippen molar-refractivity contribution in [2.75, 3.05) is 36.4 Å². The van der Waals surface area contributed by atoms with Gasteiger partial charge in [-0.1, -0.05) is 44.0 Å². The highest BCUT2D eigenvalue weighted by atomic mass is 35.5. The molecular weight excluding hydrogens is 530 g/mol. The predicted molar refractivity (Wildman–Crippen MR) is 148 cm³/mol. The fraction of sp³-hybridized carbons (Fsp3) is 0.481. The van der Waals surface area contributed by atoms with Gasteiger partial charge in [-0.25, -0.2) is 8.42 Å². The van der Waals surface area contributed by atoms with Crippen molar-refractivity contribution < 1.29 is 27.5 Å². The van der Waals surface area contributed by atoms with E-state index in [2.05, 4.69) is 5.32 Å². The average molecular weight is 566 g/mol. The summed E-state index contributed by atoms with van der Waals surface area (Å²) in [7, 11) is -3.85. The lowest BCUT2D eigenvalue weighted by molar-refractivity contribution is -0.140. The Kier molecular flexibility index (Phi) is 10.7. The monoisotopic (exact) mass is 565 g/mol. The van der Waals surface area contributed by atoms with Gasteiger partial charge < -0.3 is 19.7 Å². The summed E-state index contributed by atoms with van der Waals surface area (Å²) >= 11 is 6.04. The lowest BCUT2D eigenvalue weighted by atomic mass is 10.1. The van der Waals surface area contributed by atoms with Gasteiger partial charge in [0.25, 0.3) is 0 Å². The molecule has 3 rings (SSSR count). The van der Waals surface area contributed by atoms with E-state index in [-0.39, 0.29) is 23.9 Å². The van der Waals surface area contributed by atoms with E-state index in [9.17, 15) is 18.0 Å². The SMILES string of the molecule is CCCCNC(=O)[C@@H](CC)N(Cc1ccc(Cl)cc1)C(=O)CN(c1ccc2c(c1)OCCO2)S(=O)(=O)CC. The predicted octanol–water partition coefficient (Wildman–Crippen LogP) is 3.99. The molecule has 0 saturated carbocycles. The van der Waals surface area contributed by atoms with Crippen molar-refractivity contribution in [1.82, 2.24) is 10.2 Å². The van der Waals surface area contributed by atoms with Crippen LogP contribution in [-0.2, 0) is 26.2 Å². The number of hydrogen-bond acceptors (Lipinski definition) is 6. The molecule has 0 spiro atoms. The maximum absolute atomic E-state index is 13.8. The first-order valence-corrected chi connectivity index (χ1v) is 14.9. The van der Waals surface area contributed by atoms with Gasteiger partial charge in [0.15, 0.2) is 11.5 Å². The first kappa shape index (κ1) is 29.6. The molecule has 1 heterocycles. The van der Waals surface area contributed by atoms with Crippen LogP contribution in [0.3, 0.4) is 0 Å². The molecule has 9 nitrogen and oxygen atoms in total. The van der Waals surface area contributed by atoms with Crippen LogP contribution in [0.1, 0.15) is 45.6 Å². The largest absolute Gasteiger partial charge is 0.486 e. The summed E-state index contributed by atoms with van der Waals surface area (Å²) in [5.41, 5.74) is 1.06. The normalized spacial score (nSPS) is 13.5. The highest BCUT2D eigenvalue weighted by molar-refractivity contribution is 7.92. The maximum Gasteiger partial charge on any atom is 0.244 e. The minimum Gasteiger partial charge on any atom is -0.486 e. The Balaban J connectivity index is 1.95. The molecule has 208 valence electrons. The molecule has 0 aliphatic carbocycles. The van der Waals surface area contributed by atoms with Crippen molar-refractivity contribution in [1.29, 1.82) is 0 Å². The number of amides is 2. The van der Waals surface area contributed by atoms with Gasteiger partial charge in [-0.3, -0.25) is 13.9 Å². The molecule has 2 aromatic carbocycles. The molecule has 1 N–H and O–H groups in total. The number of fused-ring (bicyclic) bond motifs is 1. The fourth-order valence-electron chi connectivity index (χ4n) is 4.12. The maximum atomic E-state index is 13.8. The quantitative estimate of drug-likeness (QED) is 0.368. The number of anilines is 1. The number of unbranched alkanes of at least 4 members (excludes halogenated alkanes) is 1. The summed E-state index contributed by atoms with van der Waals surface area (Å²) in [5.74, 6) is -0.0471. The highest BCUT2D eigenvalue weighted by Crippen LogP contribution is 2.35. The van der Waals surface area contributed by atoms with Crippen LogP contribution >= 0.6 is 11.6 Å². The second-order valence-electron chi connectivity index (χ2n) is 8.95. The third-order valence-electron chi connectivity index (χ3n) is 6.27. The molecule has 1 aliphatic rings. The Hall–Kier alpha value is -2.98. The molecule has 0 bridgehead atoms. The van der Waals surface area contributed by atoms with Crippen LogP contribution in [0.5, 0.6) is 11.5 Å². The Bertz CT molecular complexity index is 1210. The van der Waals surface area contributed by atoms with E-state index in [1.165, 1.54) is 11.8 Å². The van der Waals surface area contributed by atoms with E-state index in [4.69, 9.17) is 21.1 Å². The number of sulfonamides is 1. The van der Waals surface area contributed by atoms with Gasteiger partial charge in [0.2, 0.25) is 21.8 Å². The van der Waals surface area contributed by atoms with Crippen molar-refractivity contribution >= 4 is 39.1 Å². The molecule has 1 atom stereocenters. The number of carbonyl (C=O) groups is 2. The number of rotatable bonds is 13. The summed E-state index contributed by atoms with van der Waals surface area (Å²) in [4.78, 5) is 28.4. The molecule has 0 saturated heterocycles. The first-order valence-electron chi connectivity index (χ1n) is 12.9. The standard InChI is InChI=1S/C27H36ClN3O6S/c1-4-7-14-29-27(33)23(5-2)30(18-20-8-10-21(28)11-9-20)26(32)19-31(38(34,35)6-3)22-12-13-24-25(17-22)37-16-15-36-24/h8-13,17,23H,4-7,14-16,18-19H2,1-3H3,(H,29,33)/t23-/m1/s1. The van der Waals surface area contributed by atoms with Crippen molar-refractivity contribution in [3.05, 3.63) is 53.1 Å². The van der Waals surface area contributed by atoms with E-state index in [0.29, 0.717) is 42.7 Å². The zero-order valence-electron chi connectivity index (χ0n) is 22.1. The number of nitrogens with zero attached hydrogens (tertiary/aromatic N) is 2. The van der Waals surface area contributed by atoms with Crippen LogP contribution in [0.25, 0.3) is 0 Å². The van der Waals surface area contributed by atoms with Gasteiger partial charge in [0, 0.05) is 24.2 Å². The van der Waals surface area contributed by atoms with Crippen LogP contribution in [0.2, 0.25) is 5.02 Å². The third kappa shape index (κ3) is 7.54. The van der Waals surface area contributed by atoms with Crippen LogP contribution in [0.15, 0.2) is 42.5 Å². The number of ether oxygens (including phenoxy) is 2. The Labute approximate surface area is 230 Å². The number of hydrogen-bond donors (Lipinski definition) is 1. The molecule has 0 radical (unpaired) electrons. The van der Waals surface area contributed by atoms with Gasteiger partial charge in [-0.2, -0.15) is 0 Å². The summed E-state index contributed by atoms with van der Waals surface area (Å²) in [6, 6.07) is 11.0. The zero-order valence-corrected chi connectivity index (χ0v) is 23.7. The van der Waals surface area contributed by atoms with E-state index < -0.39 is 28.5 Å². The number of benzene rings is 2. The lowest BCUT2D eigenvalue weighted by Gasteiger charge is -2.33. The van der Waals surface area contributed by atoms with Crippen LogP contribution in [-0.4, -0.2) is 63.2 Å². The molecule has 38 heavy (non-hydrogen) atoms. The van der Waals surface area contributed by atoms with Gasteiger partial charge in [-0.05, 0) is 49.6 Å². The van der Waals surface area contributed by atoms with E-state index in [1.54, 1.807) is 42.5 Å². The minimum absolute atomic E-state index is 0.122. The Morgan fingerprint density at radius 1 is 1.03 bits per heavy atom. The van der Waals surface area contributed by atoms with Crippen molar-refractivity contribution in [3.63, 3.8) is 0 Å². The number of halogens is 1. The third-order valence-corrected chi connectivity index (χ3v) is 8.27. The van der Waals surface area contributed by atoms with Crippen LogP contribution in [0, 0.1) is 0 Å². The van der Waals surface area contributed by atoms with Crippen LogP contribution in [0.4, 0.5) is 5.69 Å². The topological polar surface area (TPSA) is 105 Å². The van der Waals surface area contributed by atoms with Gasteiger partial charge in [0.1, 0.15) is 25.8 Å². The molecule has 0 aromatic heterocycles. The Morgan fingerprint density at radius 3 is 2.34 bits per heavy atom. The van der Waals surface area contributed by atoms with E-state index >= 15 is 0 Å². The molecule has 11 heteroatoms. The van der Waals surface area contributed by atoms with Crippen LogP contribution < -0.4 is 19.1 Å². The van der Waals surface area contributed by atoms with E-state index in [0.717, 1.165) is 22.7 Å². The molecule has 0 unspecified atom stereocenters. The second-order valence-corrected chi connectivity index (χ2v) is 11.6.